The van der Waals surface area contributed by atoms with Crippen molar-refractivity contribution in [3.05, 3.63) is 48.5 Å². The molecule has 0 saturated carbocycles. The number of hydrogen-bond acceptors (Lipinski definition) is 11. The summed E-state index contributed by atoms with van der Waals surface area (Å²) in [7, 11) is -7.89. The quantitative estimate of drug-likeness (QED) is 0.0708. The van der Waals surface area contributed by atoms with Crippen molar-refractivity contribution in [2.75, 3.05) is 19.8 Å². The number of halogens is 4. The van der Waals surface area contributed by atoms with E-state index in [1.807, 2.05) is 34.9 Å². The Bertz CT molecular complexity index is 1520. The summed E-state index contributed by atoms with van der Waals surface area (Å²) in [6.45, 7) is 4.91. The Morgan fingerprint density at radius 3 is 2.06 bits per heavy atom. The van der Waals surface area contributed by atoms with Gasteiger partial charge in [0, 0.05) is 34.2 Å². The Hall–Kier alpha value is -4.08. The van der Waals surface area contributed by atoms with E-state index in [1.165, 1.54) is 26.0 Å². The number of benzene rings is 1. The predicted octanol–water partition coefficient (Wildman–Crippen LogP) is 1.00. The zero-order valence-corrected chi connectivity index (χ0v) is 28.2. The van der Waals surface area contributed by atoms with E-state index in [1.54, 1.807) is 12.1 Å². The number of nitrogens with one attached hydrogen (secondary N) is 2. The number of aryl methyl sites for hydroxylation is 1. The Kier molecular flexibility index (Phi) is 15.6. The number of rotatable bonds is 14. The van der Waals surface area contributed by atoms with Crippen molar-refractivity contribution in [3.63, 3.8) is 0 Å². The van der Waals surface area contributed by atoms with E-state index >= 15 is 0 Å². The van der Waals surface area contributed by atoms with Gasteiger partial charge < -0.3 is 46.3 Å². The van der Waals surface area contributed by atoms with Crippen LogP contribution in [0.2, 0.25) is 0 Å². The molecule has 0 aliphatic carbocycles. The first-order valence-electron chi connectivity index (χ1n) is 14.7. The first-order valence-corrected chi connectivity index (χ1v) is 16.2. The van der Waals surface area contributed by atoms with Gasteiger partial charge in [-0.15, -0.1) is 0 Å². The number of ether oxygens (including phenoxy) is 5. The van der Waals surface area contributed by atoms with Crippen LogP contribution in [0.3, 0.4) is 0 Å². The first-order chi connectivity index (χ1) is 22.7. The van der Waals surface area contributed by atoms with E-state index < -0.39 is 71.7 Å². The van der Waals surface area contributed by atoms with Gasteiger partial charge in [0.25, 0.3) is 0 Å². The molecule has 5 atom stereocenters. The van der Waals surface area contributed by atoms with E-state index in [9.17, 15) is 44.9 Å². The topological polar surface area (TPSA) is 181 Å². The van der Waals surface area contributed by atoms with Gasteiger partial charge in [0.1, 0.15) is 37.7 Å². The molecule has 0 spiro atoms. The van der Waals surface area contributed by atoms with Crippen molar-refractivity contribution in [2.45, 2.75) is 76.2 Å². The van der Waals surface area contributed by atoms with Crippen LogP contribution in [-0.4, -0.2) is 94.5 Å². The number of carbonyl (C=O) groups is 4. The fourth-order valence-electron chi connectivity index (χ4n) is 4.57. The van der Waals surface area contributed by atoms with Gasteiger partial charge in [-0.1, -0.05) is 12.1 Å². The minimum absolute atomic E-state index is 0.0157. The molecule has 2 aromatic rings. The van der Waals surface area contributed by atoms with Gasteiger partial charge in [0.05, 0.1) is 18.6 Å². The molecule has 1 aliphatic rings. The average Bonchev–Trinajstić information content (AvgIpc) is 3.37. The Balaban J connectivity index is 0.00000155. The van der Waals surface area contributed by atoms with Crippen molar-refractivity contribution in [3.8, 4) is 0 Å². The van der Waals surface area contributed by atoms with Crippen LogP contribution in [0.15, 0.2) is 47.9 Å². The number of amides is 1. The summed E-state index contributed by atoms with van der Waals surface area (Å²) in [5.41, 5.74) is 0.935. The first kappa shape index (κ1) is 41.1. The van der Waals surface area contributed by atoms with E-state index in [2.05, 4.69) is 10.0 Å². The minimum Gasteiger partial charge on any atom is -0.463 e. The molecule has 1 aromatic carbocycles. The number of esters is 3. The van der Waals surface area contributed by atoms with Crippen LogP contribution in [0, 0.1) is 0 Å². The van der Waals surface area contributed by atoms with Gasteiger partial charge in [0.2, 0.25) is 22.3 Å². The summed E-state index contributed by atoms with van der Waals surface area (Å²) >= 11 is 0. The van der Waals surface area contributed by atoms with Crippen molar-refractivity contribution < 1.29 is 73.1 Å². The molecule has 1 aromatic heterocycles. The summed E-state index contributed by atoms with van der Waals surface area (Å²) < 4.78 is 98.6. The highest BCUT2D eigenvalue weighted by Crippen LogP contribution is 2.28. The number of hydrogen-bond donors (Lipinski definition) is 2. The van der Waals surface area contributed by atoms with Gasteiger partial charge in [-0.25, -0.2) is 22.3 Å². The maximum absolute atomic E-state index is 12.8. The number of imidazole rings is 1. The highest BCUT2D eigenvalue weighted by molar-refractivity contribution is 7.89. The van der Waals surface area contributed by atoms with Crippen LogP contribution in [0.1, 0.15) is 39.7 Å². The summed E-state index contributed by atoms with van der Waals surface area (Å²) in [6, 6.07) is 5.44. The third kappa shape index (κ3) is 15.3. The summed E-state index contributed by atoms with van der Waals surface area (Å²) in [5, 5.41) is 2.60. The maximum Gasteiger partial charge on any atom is 0.673 e. The highest BCUT2D eigenvalue weighted by atomic mass is 32.2. The summed E-state index contributed by atoms with van der Waals surface area (Å²) in [4.78, 5) is 47.4. The molecule has 3 rings (SSSR count). The second-order valence-corrected chi connectivity index (χ2v) is 12.5. The molecule has 1 saturated heterocycles. The minimum atomic E-state index is -6.00. The molecule has 274 valence electrons. The molecule has 15 nitrogen and oxygen atoms in total. The Labute approximate surface area is 280 Å². The molecular weight excluding hydrogens is 687 g/mol. The SMILES string of the molecule is CC(=O)N[C@H]1[C@H](OCCCNS(=O)(=O)c2ccc(Cn3cc[n+](C)c3)cc2)O[C@H](COC(C)=O)[C@@H](OC(C)=O)[C@@H]1OC(C)=O.F[B-](F)(F)F. The number of sulfonamides is 1. The van der Waals surface area contributed by atoms with Crippen LogP contribution in [0.4, 0.5) is 17.3 Å². The average molecular weight is 727 g/mol. The largest absolute Gasteiger partial charge is 0.673 e. The number of aromatic nitrogens is 2. The predicted molar refractivity (Wildman–Crippen MR) is 161 cm³/mol. The monoisotopic (exact) mass is 726 g/mol. The molecule has 21 heteroatoms. The van der Waals surface area contributed by atoms with Gasteiger partial charge in [-0.2, -0.15) is 0 Å². The molecule has 2 N–H and O–H groups in total. The summed E-state index contributed by atoms with van der Waals surface area (Å²) in [6.07, 6.45) is 1.12. The lowest BCUT2D eigenvalue weighted by molar-refractivity contribution is -0.671. The molecule has 1 fully saturated rings. The van der Waals surface area contributed by atoms with Crippen LogP contribution >= 0.6 is 0 Å². The van der Waals surface area contributed by atoms with Crippen LogP contribution < -0.4 is 14.6 Å². The van der Waals surface area contributed by atoms with Gasteiger partial charge in [-0.05, 0) is 24.1 Å². The maximum atomic E-state index is 12.8. The van der Waals surface area contributed by atoms with E-state index in [4.69, 9.17) is 23.7 Å². The smallest absolute Gasteiger partial charge is 0.463 e. The molecule has 0 radical (unpaired) electrons. The Morgan fingerprint density at radius 1 is 0.959 bits per heavy atom. The molecule has 49 heavy (non-hydrogen) atoms. The fraction of sp³-hybridized carbons (Fsp3) is 0.536. The second kappa shape index (κ2) is 18.6. The number of carbonyl (C=O) groups excluding carboxylic acids is 4. The zero-order chi connectivity index (χ0) is 36.9. The Morgan fingerprint density at radius 2 is 1.55 bits per heavy atom. The molecule has 2 heterocycles. The lowest BCUT2D eigenvalue weighted by Crippen LogP contribution is -2.66. The van der Waals surface area contributed by atoms with Crippen LogP contribution in [-0.2, 0) is 66.5 Å². The van der Waals surface area contributed by atoms with Crippen LogP contribution in [0.25, 0.3) is 0 Å². The third-order valence-electron chi connectivity index (χ3n) is 6.39. The van der Waals surface area contributed by atoms with E-state index in [0.717, 1.165) is 19.4 Å². The van der Waals surface area contributed by atoms with Crippen molar-refractivity contribution >= 4 is 41.1 Å². The third-order valence-corrected chi connectivity index (χ3v) is 7.87. The molecular formula is C28H39BF4N4O11S. The van der Waals surface area contributed by atoms with Gasteiger partial charge in [-0.3, -0.25) is 19.2 Å². The molecule has 1 amide bonds. The van der Waals surface area contributed by atoms with Crippen LogP contribution in [0.5, 0.6) is 0 Å². The highest BCUT2D eigenvalue weighted by Gasteiger charge is 2.51. The normalized spacial score (nSPS) is 20.7. The lowest BCUT2D eigenvalue weighted by Gasteiger charge is -2.44. The zero-order valence-electron chi connectivity index (χ0n) is 27.3. The number of nitrogens with zero attached hydrogens (tertiary/aromatic N) is 2. The molecule has 0 bridgehead atoms. The lowest BCUT2D eigenvalue weighted by atomic mass is 9.96. The second-order valence-electron chi connectivity index (χ2n) is 10.7. The van der Waals surface area contributed by atoms with E-state index in [-0.39, 0.29) is 31.1 Å². The van der Waals surface area contributed by atoms with Gasteiger partial charge in [0.15, 0.2) is 18.5 Å². The molecule has 1 aliphatic heterocycles. The van der Waals surface area contributed by atoms with E-state index in [0.29, 0.717) is 6.54 Å². The summed E-state index contributed by atoms with van der Waals surface area (Å²) in [5.74, 6) is -2.58. The molecule has 0 unspecified atom stereocenters. The van der Waals surface area contributed by atoms with Gasteiger partial charge >= 0.3 is 25.2 Å². The fourth-order valence-corrected chi connectivity index (χ4v) is 5.65. The van der Waals surface area contributed by atoms with Crippen molar-refractivity contribution in [2.24, 2.45) is 7.05 Å². The van der Waals surface area contributed by atoms with Crippen molar-refractivity contribution in [1.82, 2.24) is 14.6 Å². The van der Waals surface area contributed by atoms with Crippen molar-refractivity contribution in [1.29, 1.82) is 0 Å². The standard InChI is InChI=1S/C28H38N4O11S.BF4/c1-18(33)30-25-27(42-21(4)36)26(41-20(3)35)24(16-40-19(2)34)43-28(25)39-14-6-11-29-44(37,38)23-9-7-22(8-10-23)15-32-13-12-31(5)17-32;2-1(3,4)5/h7-10,12-13,17,24-29H,6,11,14-16H2,1-5H3;/q;-1/p+1/t24-,25-,26-,27-,28-;/m1./s1.